The van der Waals surface area contributed by atoms with Crippen molar-refractivity contribution >= 4 is 50.8 Å². The zero-order valence-corrected chi connectivity index (χ0v) is 19.2. The molecule has 0 heterocycles. The van der Waals surface area contributed by atoms with Crippen molar-refractivity contribution in [1.82, 2.24) is 10.2 Å². The van der Waals surface area contributed by atoms with Gasteiger partial charge in [-0.3, -0.25) is 14.9 Å². The number of nitrogens with zero attached hydrogens (tertiary/aromatic N) is 1. The van der Waals surface area contributed by atoms with Gasteiger partial charge in [-0.25, -0.2) is 0 Å². The summed E-state index contributed by atoms with van der Waals surface area (Å²) in [4.78, 5) is 26.6. The number of anilines is 1. The normalized spacial score (nSPS) is 10.4. The maximum absolute atomic E-state index is 12.8. The van der Waals surface area contributed by atoms with Crippen LogP contribution in [0.1, 0.15) is 34.6 Å². The lowest BCUT2D eigenvalue weighted by molar-refractivity contribution is 0.0828. The molecule has 2 N–H and O–H groups in total. The van der Waals surface area contributed by atoms with Gasteiger partial charge < -0.3 is 15.0 Å². The summed E-state index contributed by atoms with van der Waals surface area (Å²) in [5.74, 6) is 0.228. The number of benzene rings is 2. The average molecular weight is 478 g/mol. The summed E-state index contributed by atoms with van der Waals surface area (Å²) in [5, 5.41) is 5.67. The van der Waals surface area contributed by atoms with Crippen LogP contribution >= 0.6 is 28.1 Å². The summed E-state index contributed by atoms with van der Waals surface area (Å²) < 4.78 is 6.51. The van der Waals surface area contributed by atoms with E-state index in [1.165, 1.54) is 4.90 Å². The predicted octanol–water partition coefficient (Wildman–Crippen LogP) is 4.31. The molecule has 0 fully saturated rings. The smallest absolute Gasteiger partial charge is 0.261 e. The third kappa shape index (κ3) is 6.54. The Labute approximate surface area is 184 Å². The van der Waals surface area contributed by atoms with Gasteiger partial charge in [0.2, 0.25) is 0 Å². The molecular weight excluding hydrogens is 454 g/mol. The molecule has 0 bridgehead atoms. The van der Waals surface area contributed by atoms with E-state index in [1.807, 2.05) is 19.9 Å². The fraction of sp³-hybridized carbons (Fsp3) is 0.286. The Morgan fingerprint density at radius 1 is 1.14 bits per heavy atom. The van der Waals surface area contributed by atoms with Crippen LogP contribution in [0.15, 0.2) is 46.9 Å². The molecule has 0 spiro atoms. The Hall–Kier alpha value is -2.45. The summed E-state index contributed by atoms with van der Waals surface area (Å²) in [6.07, 6.45) is 0. The molecule has 6 nitrogen and oxygen atoms in total. The lowest BCUT2D eigenvalue weighted by Gasteiger charge is -2.17. The van der Waals surface area contributed by atoms with Gasteiger partial charge in [0.05, 0.1) is 23.4 Å². The molecule has 8 heteroatoms. The van der Waals surface area contributed by atoms with Gasteiger partial charge >= 0.3 is 0 Å². The largest absolute Gasteiger partial charge is 0.492 e. The van der Waals surface area contributed by atoms with Gasteiger partial charge in [0.25, 0.3) is 11.8 Å². The zero-order chi connectivity index (χ0) is 21.6. The minimum atomic E-state index is -0.404. The molecule has 2 rings (SSSR count). The first kappa shape index (κ1) is 22.8. The number of rotatable bonds is 6. The van der Waals surface area contributed by atoms with Crippen LogP contribution in [0, 0.1) is 5.92 Å². The number of hydrogen-bond acceptors (Lipinski definition) is 4. The van der Waals surface area contributed by atoms with Crippen molar-refractivity contribution in [3.8, 4) is 5.75 Å². The van der Waals surface area contributed by atoms with Crippen molar-refractivity contribution in [2.24, 2.45) is 5.92 Å². The van der Waals surface area contributed by atoms with E-state index in [-0.39, 0.29) is 11.0 Å². The van der Waals surface area contributed by atoms with E-state index in [4.69, 9.17) is 17.0 Å². The number of thiocarbonyl (C=S) groups is 1. The summed E-state index contributed by atoms with van der Waals surface area (Å²) in [5.41, 5.74) is 1.33. The van der Waals surface area contributed by atoms with Gasteiger partial charge in [-0.2, -0.15) is 0 Å². The summed E-state index contributed by atoms with van der Waals surface area (Å²) >= 11 is 8.66. The lowest BCUT2D eigenvalue weighted by atomic mass is 10.1. The number of nitrogens with one attached hydrogen (secondary N) is 2. The van der Waals surface area contributed by atoms with E-state index < -0.39 is 5.91 Å². The van der Waals surface area contributed by atoms with Crippen LogP contribution in [0.2, 0.25) is 0 Å². The first-order valence-corrected chi connectivity index (χ1v) is 10.2. The highest BCUT2D eigenvalue weighted by atomic mass is 79.9. The van der Waals surface area contributed by atoms with Crippen LogP contribution in [0.3, 0.4) is 0 Å². The number of ether oxygens (including phenoxy) is 1. The number of carbonyl (C=O) groups is 2. The van der Waals surface area contributed by atoms with Crippen LogP contribution in [0.5, 0.6) is 5.75 Å². The molecule has 0 atom stereocenters. The van der Waals surface area contributed by atoms with Crippen LogP contribution in [-0.2, 0) is 0 Å². The molecule has 2 amide bonds. The molecular formula is C21H24BrN3O3S. The SMILES string of the molecule is CC(C)COc1ccc(Br)cc1C(=O)NC(=S)Nc1ccccc1C(=O)N(C)C. The van der Waals surface area contributed by atoms with Gasteiger partial charge in [0.15, 0.2) is 5.11 Å². The monoisotopic (exact) mass is 477 g/mol. The minimum absolute atomic E-state index is 0.0868. The highest BCUT2D eigenvalue weighted by molar-refractivity contribution is 9.10. The molecule has 0 radical (unpaired) electrons. The quantitative estimate of drug-likeness (QED) is 0.606. The number of para-hydroxylation sites is 1. The third-order valence-electron chi connectivity index (χ3n) is 3.80. The molecule has 0 unspecified atom stereocenters. The molecule has 0 aromatic heterocycles. The molecule has 0 saturated heterocycles. The number of halogens is 1. The van der Waals surface area contributed by atoms with Gasteiger partial charge in [-0.15, -0.1) is 0 Å². The van der Waals surface area contributed by atoms with Crippen LogP contribution in [0.4, 0.5) is 5.69 Å². The van der Waals surface area contributed by atoms with Crippen molar-refractivity contribution in [2.75, 3.05) is 26.0 Å². The van der Waals surface area contributed by atoms with Crippen LogP contribution < -0.4 is 15.4 Å². The van der Waals surface area contributed by atoms with E-state index >= 15 is 0 Å². The van der Waals surface area contributed by atoms with Gasteiger partial charge in [-0.05, 0) is 48.5 Å². The predicted molar refractivity (Wildman–Crippen MR) is 123 cm³/mol. The maximum Gasteiger partial charge on any atom is 0.261 e. The highest BCUT2D eigenvalue weighted by Gasteiger charge is 2.17. The second-order valence-electron chi connectivity index (χ2n) is 7.00. The Morgan fingerprint density at radius 2 is 1.83 bits per heavy atom. The molecule has 0 aliphatic carbocycles. The molecule has 29 heavy (non-hydrogen) atoms. The van der Waals surface area contributed by atoms with E-state index in [1.54, 1.807) is 50.5 Å². The minimum Gasteiger partial charge on any atom is -0.492 e. The van der Waals surface area contributed by atoms with Gasteiger partial charge in [-0.1, -0.05) is 41.9 Å². The first-order chi connectivity index (χ1) is 13.7. The summed E-state index contributed by atoms with van der Waals surface area (Å²) in [6.45, 7) is 4.55. The van der Waals surface area contributed by atoms with E-state index in [9.17, 15) is 9.59 Å². The second kappa shape index (κ2) is 10.4. The Morgan fingerprint density at radius 3 is 2.48 bits per heavy atom. The molecule has 2 aromatic carbocycles. The summed E-state index contributed by atoms with van der Waals surface area (Å²) in [7, 11) is 3.34. The Bertz CT molecular complexity index is 916. The van der Waals surface area contributed by atoms with Crippen LogP contribution in [-0.4, -0.2) is 42.5 Å². The molecule has 2 aromatic rings. The number of hydrogen-bond donors (Lipinski definition) is 2. The fourth-order valence-corrected chi connectivity index (χ4v) is 2.97. The van der Waals surface area contributed by atoms with Crippen molar-refractivity contribution in [2.45, 2.75) is 13.8 Å². The molecule has 0 saturated carbocycles. The van der Waals surface area contributed by atoms with Crippen LogP contribution in [0.25, 0.3) is 0 Å². The van der Waals surface area contributed by atoms with E-state index in [0.29, 0.717) is 35.1 Å². The van der Waals surface area contributed by atoms with Crippen molar-refractivity contribution in [3.05, 3.63) is 58.1 Å². The fourth-order valence-electron chi connectivity index (χ4n) is 2.41. The zero-order valence-electron chi connectivity index (χ0n) is 16.8. The standard InChI is InChI=1S/C21H24BrN3O3S/c1-13(2)12-28-18-10-9-14(22)11-16(18)19(26)24-21(29)23-17-8-6-5-7-15(17)20(27)25(3)4/h5-11,13H,12H2,1-4H3,(H2,23,24,26,29). The second-order valence-corrected chi connectivity index (χ2v) is 8.32. The van der Waals surface area contributed by atoms with Crippen molar-refractivity contribution in [1.29, 1.82) is 0 Å². The highest BCUT2D eigenvalue weighted by Crippen LogP contribution is 2.24. The van der Waals surface area contributed by atoms with E-state index in [0.717, 1.165) is 4.47 Å². The lowest BCUT2D eigenvalue weighted by Crippen LogP contribution is -2.35. The topological polar surface area (TPSA) is 70.7 Å². The van der Waals surface area contributed by atoms with E-state index in [2.05, 4.69) is 26.6 Å². The van der Waals surface area contributed by atoms with Gasteiger partial charge in [0.1, 0.15) is 5.75 Å². The summed E-state index contributed by atoms with van der Waals surface area (Å²) in [6, 6.07) is 12.2. The third-order valence-corrected chi connectivity index (χ3v) is 4.49. The van der Waals surface area contributed by atoms with Gasteiger partial charge in [0, 0.05) is 18.6 Å². The van der Waals surface area contributed by atoms with Crippen molar-refractivity contribution in [3.63, 3.8) is 0 Å². The Balaban J connectivity index is 2.16. The molecule has 0 aliphatic rings. The van der Waals surface area contributed by atoms with Crippen molar-refractivity contribution < 1.29 is 14.3 Å². The molecule has 0 aliphatic heterocycles. The molecule has 154 valence electrons. The first-order valence-electron chi connectivity index (χ1n) is 9.04. The maximum atomic E-state index is 12.8. The number of carbonyl (C=O) groups excluding carboxylic acids is 2. The number of amides is 2. The Kier molecular flexibility index (Phi) is 8.16. The average Bonchev–Trinajstić information content (AvgIpc) is 2.66.